The van der Waals surface area contributed by atoms with Crippen LogP contribution >= 0.6 is 0 Å². The molecule has 2 heterocycles. The third-order valence-electron chi connectivity index (χ3n) is 2.59. The van der Waals surface area contributed by atoms with Crippen LogP contribution < -0.4 is 10.6 Å². The summed E-state index contributed by atoms with van der Waals surface area (Å²) in [6, 6.07) is 0. The van der Waals surface area contributed by atoms with Gasteiger partial charge >= 0.3 is 0 Å². The van der Waals surface area contributed by atoms with Crippen LogP contribution in [0.3, 0.4) is 0 Å². The van der Waals surface area contributed by atoms with Gasteiger partial charge in [0.15, 0.2) is 0 Å². The molecule has 2 rings (SSSR count). The highest BCUT2D eigenvalue weighted by Crippen LogP contribution is 2.19. The lowest BCUT2D eigenvalue weighted by atomic mass is 10.1. The van der Waals surface area contributed by atoms with Gasteiger partial charge in [-0.05, 0) is 18.9 Å². The molecule has 1 aromatic heterocycles. The van der Waals surface area contributed by atoms with Crippen LogP contribution in [0.1, 0.15) is 6.42 Å². The van der Waals surface area contributed by atoms with Gasteiger partial charge in [-0.3, -0.25) is 0 Å². The van der Waals surface area contributed by atoms with Gasteiger partial charge in [0.25, 0.3) is 0 Å². The molecule has 1 atom stereocenters. The van der Waals surface area contributed by atoms with Gasteiger partial charge in [-0.15, -0.1) is 0 Å². The maximum absolute atomic E-state index is 5.62. The Bertz CT molecular complexity index is 282. The molecule has 0 radical (unpaired) electrons. The molecule has 0 spiro atoms. The van der Waals surface area contributed by atoms with Crippen molar-refractivity contribution in [3.05, 3.63) is 6.33 Å². The van der Waals surface area contributed by atoms with E-state index in [2.05, 4.69) is 15.0 Å². The smallest absolute Gasteiger partial charge is 0.223 e. The highest BCUT2D eigenvalue weighted by atomic mass is 15.4. The van der Waals surface area contributed by atoms with Crippen LogP contribution in [0.5, 0.6) is 0 Å². The minimum atomic E-state index is 0.622. The third kappa shape index (κ3) is 1.51. The van der Waals surface area contributed by atoms with Gasteiger partial charge < -0.3 is 10.6 Å². The van der Waals surface area contributed by atoms with Gasteiger partial charge in [-0.1, -0.05) is 0 Å². The lowest BCUT2D eigenvalue weighted by molar-refractivity contribution is 0.600. The van der Waals surface area contributed by atoms with E-state index in [-0.39, 0.29) is 0 Å². The number of anilines is 1. The summed E-state index contributed by atoms with van der Waals surface area (Å²) in [5, 5.41) is 4.04. The summed E-state index contributed by atoms with van der Waals surface area (Å²) in [5.41, 5.74) is 5.62. The molecule has 0 aromatic carbocycles. The first-order chi connectivity index (χ1) is 6.31. The number of aryl methyl sites for hydroxylation is 1. The molecule has 1 aromatic rings. The van der Waals surface area contributed by atoms with Gasteiger partial charge in [-0.2, -0.15) is 10.1 Å². The Hall–Kier alpha value is -1.10. The van der Waals surface area contributed by atoms with E-state index < -0.39 is 0 Å². The molecule has 1 saturated heterocycles. The van der Waals surface area contributed by atoms with E-state index >= 15 is 0 Å². The number of hydrogen-bond acceptors (Lipinski definition) is 4. The molecule has 1 fully saturated rings. The van der Waals surface area contributed by atoms with Crippen LogP contribution in [0.25, 0.3) is 0 Å². The summed E-state index contributed by atoms with van der Waals surface area (Å²) >= 11 is 0. The van der Waals surface area contributed by atoms with Crippen molar-refractivity contribution in [2.24, 2.45) is 18.7 Å². The normalized spacial score (nSPS) is 22.6. The van der Waals surface area contributed by atoms with E-state index in [4.69, 9.17) is 5.73 Å². The highest BCUT2D eigenvalue weighted by molar-refractivity contribution is 5.30. The van der Waals surface area contributed by atoms with Crippen molar-refractivity contribution in [3.8, 4) is 0 Å². The Balaban J connectivity index is 2.08. The second kappa shape index (κ2) is 3.33. The van der Waals surface area contributed by atoms with Gasteiger partial charge in [0.1, 0.15) is 6.33 Å². The van der Waals surface area contributed by atoms with Gasteiger partial charge in [0.2, 0.25) is 5.95 Å². The first kappa shape index (κ1) is 8.50. The van der Waals surface area contributed by atoms with Crippen molar-refractivity contribution in [1.82, 2.24) is 14.8 Å². The van der Waals surface area contributed by atoms with E-state index in [0.29, 0.717) is 5.92 Å². The summed E-state index contributed by atoms with van der Waals surface area (Å²) < 4.78 is 1.80. The first-order valence-corrected chi connectivity index (χ1v) is 4.60. The van der Waals surface area contributed by atoms with Gasteiger partial charge in [0, 0.05) is 20.1 Å². The number of nitrogens with two attached hydrogens (primary N) is 1. The molecule has 0 bridgehead atoms. The van der Waals surface area contributed by atoms with Crippen molar-refractivity contribution in [1.29, 1.82) is 0 Å². The molecule has 2 N–H and O–H groups in total. The summed E-state index contributed by atoms with van der Waals surface area (Å²) in [4.78, 5) is 6.44. The second-order valence-corrected chi connectivity index (χ2v) is 3.52. The van der Waals surface area contributed by atoms with E-state index in [9.17, 15) is 0 Å². The lowest BCUT2D eigenvalue weighted by Crippen LogP contribution is -2.25. The Labute approximate surface area is 77.5 Å². The minimum Gasteiger partial charge on any atom is -0.341 e. The number of rotatable bonds is 2. The van der Waals surface area contributed by atoms with Gasteiger partial charge in [0.05, 0.1) is 0 Å². The first-order valence-electron chi connectivity index (χ1n) is 4.60. The summed E-state index contributed by atoms with van der Waals surface area (Å²) in [6.45, 7) is 2.84. The van der Waals surface area contributed by atoms with E-state index in [1.165, 1.54) is 6.42 Å². The van der Waals surface area contributed by atoms with Crippen molar-refractivity contribution in [3.63, 3.8) is 0 Å². The summed E-state index contributed by atoms with van der Waals surface area (Å²) in [6.07, 6.45) is 2.76. The second-order valence-electron chi connectivity index (χ2n) is 3.52. The lowest BCUT2D eigenvalue weighted by Gasteiger charge is -2.15. The fourth-order valence-corrected chi connectivity index (χ4v) is 1.78. The molecular weight excluding hydrogens is 166 g/mol. The molecule has 13 heavy (non-hydrogen) atoms. The zero-order valence-electron chi connectivity index (χ0n) is 7.85. The molecule has 1 unspecified atom stereocenters. The van der Waals surface area contributed by atoms with Crippen LogP contribution in [-0.2, 0) is 7.05 Å². The van der Waals surface area contributed by atoms with Crippen LogP contribution in [0.4, 0.5) is 5.95 Å². The maximum atomic E-state index is 5.62. The summed E-state index contributed by atoms with van der Waals surface area (Å²) in [5.74, 6) is 1.58. The fraction of sp³-hybridized carbons (Fsp3) is 0.750. The van der Waals surface area contributed by atoms with Crippen molar-refractivity contribution in [2.45, 2.75) is 6.42 Å². The maximum Gasteiger partial charge on any atom is 0.223 e. The molecule has 0 saturated carbocycles. The van der Waals surface area contributed by atoms with Crippen LogP contribution in [0.2, 0.25) is 0 Å². The van der Waals surface area contributed by atoms with Crippen molar-refractivity contribution >= 4 is 5.95 Å². The SMILES string of the molecule is Cn1ncnc1N1CCC(CN)C1. The average Bonchev–Trinajstić information content (AvgIpc) is 2.71. The quantitative estimate of drug-likeness (QED) is 0.674. The molecule has 1 aliphatic rings. The summed E-state index contributed by atoms with van der Waals surface area (Å²) in [7, 11) is 1.91. The molecule has 0 amide bonds. The number of hydrogen-bond donors (Lipinski definition) is 1. The number of nitrogens with zero attached hydrogens (tertiary/aromatic N) is 4. The monoisotopic (exact) mass is 181 g/mol. The molecule has 1 aliphatic heterocycles. The Morgan fingerprint density at radius 2 is 2.54 bits per heavy atom. The van der Waals surface area contributed by atoms with E-state index in [1.807, 2.05) is 7.05 Å². The van der Waals surface area contributed by atoms with Crippen molar-refractivity contribution in [2.75, 3.05) is 24.5 Å². The Morgan fingerprint density at radius 1 is 1.69 bits per heavy atom. The minimum absolute atomic E-state index is 0.622. The Kier molecular flexibility index (Phi) is 2.18. The third-order valence-corrected chi connectivity index (χ3v) is 2.59. The molecule has 72 valence electrons. The van der Waals surface area contributed by atoms with E-state index in [1.54, 1.807) is 11.0 Å². The van der Waals surface area contributed by atoms with Crippen LogP contribution in [0.15, 0.2) is 6.33 Å². The Morgan fingerprint density at radius 3 is 3.08 bits per heavy atom. The van der Waals surface area contributed by atoms with E-state index in [0.717, 1.165) is 25.6 Å². The van der Waals surface area contributed by atoms with Crippen LogP contribution in [-0.4, -0.2) is 34.4 Å². The predicted octanol–water partition coefficient (Wildman–Crippen LogP) is -0.400. The fourth-order valence-electron chi connectivity index (χ4n) is 1.78. The standard InChI is InChI=1S/C8H15N5/c1-12-8(10-6-11-12)13-3-2-7(4-9)5-13/h6-7H,2-5,9H2,1H3. The highest BCUT2D eigenvalue weighted by Gasteiger charge is 2.23. The van der Waals surface area contributed by atoms with Crippen molar-refractivity contribution < 1.29 is 0 Å². The molecular formula is C8H15N5. The number of aromatic nitrogens is 3. The van der Waals surface area contributed by atoms with Crippen LogP contribution in [0, 0.1) is 5.92 Å². The molecule has 0 aliphatic carbocycles. The van der Waals surface area contributed by atoms with Gasteiger partial charge in [-0.25, -0.2) is 4.68 Å². The largest absolute Gasteiger partial charge is 0.341 e. The zero-order valence-corrected chi connectivity index (χ0v) is 7.85. The molecule has 5 nitrogen and oxygen atoms in total. The zero-order chi connectivity index (χ0) is 9.26. The predicted molar refractivity (Wildman–Crippen MR) is 50.4 cm³/mol. The molecule has 5 heteroatoms. The average molecular weight is 181 g/mol. The topological polar surface area (TPSA) is 60.0 Å².